The van der Waals surface area contributed by atoms with Gasteiger partial charge in [0.15, 0.2) is 5.82 Å². The second-order valence-electron chi connectivity index (χ2n) is 4.28. The predicted molar refractivity (Wildman–Crippen MR) is 70.9 cm³/mol. The van der Waals surface area contributed by atoms with Gasteiger partial charge in [-0.25, -0.2) is 4.98 Å². The largest absolute Gasteiger partial charge is 0.467 e. The molecule has 18 heavy (non-hydrogen) atoms. The van der Waals surface area contributed by atoms with Crippen LogP contribution >= 0.6 is 11.6 Å². The van der Waals surface area contributed by atoms with Gasteiger partial charge >= 0.3 is 6.01 Å². The Morgan fingerprint density at radius 1 is 1.56 bits per heavy atom. The zero-order chi connectivity index (χ0) is 13.5. The molecule has 0 aliphatic rings. The molecule has 1 rings (SSSR count). The van der Waals surface area contributed by atoms with E-state index >= 15 is 0 Å². The second-order valence-corrected chi connectivity index (χ2v) is 4.68. The molecule has 98 valence electrons. The lowest BCUT2D eigenvalue weighted by molar-refractivity contribution is 0.379. The van der Waals surface area contributed by atoms with Gasteiger partial charge in [-0.2, -0.15) is 10.2 Å². The van der Waals surface area contributed by atoms with E-state index in [1.807, 2.05) is 4.90 Å². The zero-order valence-corrected chi connectivity index (χ0v) is 11.6. The van der Waals surface area contributed by atoms with Crippen LogP contribution in [0.3, 0.4) is 0 Å². The highest BCUT2D eigenvalue weighted by molar-refractivity contribution is 6.32. The molecule has 0 aromatic carbocycles. The first-order valence-electron chi connectivity index (χ1n) is 5.77. The Balaban J connectivity index is 2.99. The molecule has 0 aliphatic carbocycles. The van der Waals surface area contributed by atoms with Crippen molar-refractivity contribution in [2.45, 2.75) is 20.3 Å². The number of methoxy groups -OCH3 is 1. The molecule has 0 bridgehead atoms. The van der Waals surface area contributed by atoms with Crippen LogP contribution < -0.4 is 9.64 Å². The van der Waals surface area contributed by atoms with Crippen molar-refractivity contribution in [3.8, 4) is 12.1 Å². The number of nitriles is 1. The van der Waals surface area contributed by atoms with Crippen LogP contribution in [0.5, 0.6) is 6.01 Å². The minimum Gasteiger partial charge on any atom is -0.467 e. The van der Waals surface area contributed by atoms with Crippen molar-refractivity contribution in [3.05, 3.63) is 11.2 Å². The number of anilines is 1. The molecule has 1 aromatic heterocycles. The van der Waals surface area contributed by atoms with Crippen molar-refractivity contribution in [3.63, 3.8) is 0 Å². The Labute approximate surface area is 112 Å². The van der Waals surface area contributed by atoms with Gasteiger partial charge in [0, 0.05) is 13.1 Å². The number of rotatable bonds is 6. The summed E-state index contributed by atoms with van der Waals surface area (Å²) >= 11 is 6.11. The molecule has 0 saturated heterocycles. The van der Waals surface area contributed by atoms with Crippen LogP contribution in [-0.4, -0.2) is 30.2 Å². The summed E-state index contributed by atoms with van der Waals surface area (Å²) in [5, 5.41) is 9.17. The standard InChI is InChI=1S/C12H17ClN4O/c1-9(2)8-17(6-4-5-14)11-10(13)7-15-12(16-11)18-3/h7,9H,4,6,8H2,1-3H3. The minimum absolute atomic E-state index is 0.278. The van der Waals surface area contributed by atoms with E-state index in [4.69, 9.17) is 21.6 Å². The molecule has 0 atom stereocenters. The normalized spacial score (nSPS) is 10.2. The molecule has 5 nitrogen and oxygen atoms in total. The molecule has 6 heteroatoms. The molecule has 0 radical (unpaired) electrons. The van der Waals surface area contributed by atoms with Gasteiger partial charge in [0.1, 0.15) is 5.02 Å². The lowest BCUT2D eigenvalue weighted by atomic mass is 10.2. The van der Waals surface area contributed by atoms with Crippen LogP contribution in [0.1, 0.15) is 20.3 Å². The third-order valence-corrected chi connectivity index (χ3v) is 2.53. The van der Waals surface area contributed by atoms with Crippen molar-refractivity contribution in [2.75, 3.05) is 25.1 Å². The van der Waals surface area contributed by atoms with Crippen molar-refractivity contribution in [2.24, 2.45) is 5.92 Å². The first-order valence-corrected chi connectivity index (χ1v) is 6.14. The highest BCUT2D eigenvalue weighted by Gasteiger charge is 2.15. The van der Waals surface area contributed by atoms with E-state index in [1.165, 1.54) is 13.3 Å². The van der Waals surface area contributed by atoms with E-state index in [2.05, 4.69) is 29.9 Å². The van der Waals surface area contributed by atoms with Gasteiger partial charge in [0.2, 0.25) is 0 Å². The topological polar surface area (TPSA) is 62.0 Å². The van der Waals surface area contributed by atoms with E-state index in [1.54, 1.807) is 0 Å². The van der Waals surface area contributed by atoms with Gasteiger partial charge in [-0.15, -0.1) is 0 Å². The summed E-state index contributed by atoms with van der Waals surface area (Å²) in [6, 6.07) is 2.41. The van der Waals surface area contributed by atoms with Crippen molar-refractivity contribution in [1.29, 1.82) is 5.26 Å². The SMILES string of the molecule is COc1ncc(Cl)c(N(CCC#N)CC(C)C)n1. The minimum atomic E-state index is 0.278. The molecule has 0 saturated carbocycles. The number of halogens is 1. The third kappa shape index (κ3) is 4.04. The van der Waals surface area contributed by atoms with E-state index in [9.17, 15) is 0 Å². The fourth-order valence-electron chi connectivity index (χ4n) is 1.57. The summed E-state index contributed by atoms with van der Waals surface area (Å²) in [6.07, 6.45) is 1.94. The molecule has 0 spiro atoms. The maximum atomic E-state index is 8.70. The summed E-state index contributed by atoms with van der Waals surface area (Å²) in [7, 11) is 1.51. The van der Waals surface area contributed by atoms with Crippen molar-refractivity contribution >= 4 is 17.4 Å². The molecule has 0 unspecified atom stereocenters. The number of nitrogens with zero attached hydrogens (tertiary/aromatic N) is 4. The van der Waals surface area contributed by atoms with Gasteiger partial charge in [0.05, 0.1) is 25.8 Å². The molecule has 0 fully saturated rings. The van der Waals surface area contributed by atoms with Crippen LogP contribution in [0.15, 0.2) is 6.20 Å². The quantitative estimate of drug-likeness (QED) is 0.793. The van der Waals surface area contributed by atoms with Crippen LogP contribution in [0.25, 0.3) is 0 Å². The third-order valence-electron chi connectivity index (χ3n) is 2.26. The molecule has 0 aliphatic heterocycles. The summed E-state index contributed by atoms with van der Waals surface area (Å²) in [5.74, 6) is 1.06. The molecular formula is C12H17ClN4O. The Hall–Kier alpha value is -1.54. The van der Waals surface area contributed by atoms with Crippen molar-refractivity contribution < 1.29 is 4.74 Å². The molecule has 1 heterocycles. The highest BCUT2D eigenvalue weighted by Crippen LogP contribution is 2.25. The number of ether oxygens (including phenoxy) is 1. The second kappa shape index (κ2) is 7.02. The van der Waals surface area contributed by atoms with Gasteiger partial charge < -0.3 is 9.64 Å². The Morgan fingerprint density at radius 3 is 2.83 bits per heavy atom. The van der Waals surface area contributed by atoms with E-state index in [-0.39, 0.29) is 6.01 Å². The summed E-state index contributed by atoms with van der Waals surface area (Å²) < 4.78 is 5.00. The van der Waals surface area contributed by atoms with Gasteiger partial charge in [0.25, 0.3) is 0 Å². The number of hydrogen-bond donors (Lipinski definition) is 0. The highest BCUT2D eigenvalue weighted by atomic mass is 35.5. The van der Waals surface area contributed by atoms with Crippen molar-refractivity contribution in [1.82, 2.24) is 9.97 Å². The maximum absolute atomic E-state index is 8.70. The van der Waals surface area contributed by atoms with Crippen LogP contribution in [0.2, 0.25) is 5.02 Å². The van der Waals surface area contributed by atoms with Crippen LogP contribution in [0, 0.1) is 17.2 Å². The van der Waals surface area contributed by atoms with E-state index in [0.29, 0.717) is 29.7 Å². The predicted octanol–water partition coefficient (Wildman–Crippen LogP) is 2.51. The van der Waals surface area contributed by atoms with Gasteiger partial charge in [-0.05, 0) is 5.92 Å². The Bertz CT molecular complexity index is 431. The summed E-state index contributed by atoms with van der Waals surface area (Å²) in [4.78, 5) is 10.2. The van der Waals surface area contributed by atoms with Crippen LogP contribution in [0.4, 0.5) is 5.82 Å². The average molecular weight is 269 g/mol. The first-order chi connectivity index (χ1) is 8.58. The lowest BCUT2D eigenvalue weighted by Gasteiger charge is -2.25. The Kier molecular flexibility index (Phi) is 5.66. The maximum Gasteiger partial charge on any atom is 0.318 e. The Morgan fingerprint density at radius 2 is 2.28 bits per heavy atom. The summed E-state index contributed by atoms with van der Waals surface area (Å²) in [5.41, 5.74) is 0. The fourth-order valence-corrected chi connectivity index (χ4v) is 1.78. The molecule has 0 amide bonds. The van der Waals surface area contributed by atoms with Gasteiger partial charge in [-0.1, -0.05) is 25.4 Å². The number of aromatic nitrogens is 2. The molecule has 0 N–H and O–H groups in total. The van der Waals surface area contributed by atoms with Gasteiger partial charge in [-0.3, -0.25) is 0 Å². The fraction of sp³-hybridized carbons (Fsp3) is 0.583. The smallest absolute Gasteiger partial charge is 0.318 e. The summed E-state index contributed by atoms with van der Waals surface area (Å²) in [6.45, 7) is 5.58. The molecular weight excluding hydrogens is 252 g/mol. The molecule has 1 aromatic rings. The van der Waals surface area contributed by atoms with E-state index in [0.717, 1.165) is 6.54 Å². The first kappa shape index (κ1) is 14.5. The lowest BCUT2D eigenvalue weighted by Crippen LogP contribution is -2.29. The zero-order valence-electron chi connectivity index (χ0n) is 10.9. The monoisotopic (exact) mass is 268 g/mol. The average Bonchev–Trinajstić information content (AvgIpc) is 2.35. The van der Waals surface area contributed by atoms with E-state index < -0.39 is 0 Å². The number of hydrogen-bond acceptors (Lipinski definition) is 5. The van der Waals surface area contributed by atoms with Crippen LogP contribution in [-0.2, 0) is 0 Å².